The number of aryl methyl sites for hydroxylation is 1. The highest BCUT2D eigenvalue weighted by Crippen LogP contribution is 2.42. The third kappa shape index (κ3) is 2.01. The van der Waals surface area contributed by atoms with Crippen molar-refractivity contribution in [2.24, 2.45) is 0 Å². The van der Waals surface area contributed by atoms with Gasteiger partial charge in [-0.3, -0.25) is 4.68 Å². The van der Waals surface area contributed by atoms with E-state index in [9.17, 15) is 5.11 Å². The Bertz CT molecular complexity index is 597. The molecule has 0 fully saturated rings. The topological polar surface area (TPSA) is 47.3 Å². The average Bonchev–Trinajstić information content (AvgIpc) is 3.01. The molecule has 0 spiro atoms. The van der Waals surface area contributed by atoms with Crippen LogP contribution in [-0.4, -0.2) is 21.5 Å². The number of hydrogen-bond donors (Lipinski definition) is 1. The van der Waals surface area contributed by atoms with E-state index in [0.29, 0.717) is 23.9 Å². The van der Waals surface area contributed by atoms with Gasteiger partial charge in [0, 0.05) is 12.1 Å². The lowest BCUT2D eigenvalue weighted by atomic mass is 9.93. The van der Waals surface area contributed by atoms with E-state index in [1.54, 1.807) is 10.9 Å². The molecule has 2 atom stereocenters. The van der Waals surface area contributed by atoms with Gasteiger partial charge in [-0.1, -0.05) is 29.8 Å². The Balaban J connectivity index is 1.97. The van der Waals surface area contributed by atoms with Crippen molar-refractivity contribution in [1.29, 1.82) is 0 Å². The van der Waals surface area contributed by atoms with E-state index in [2.05, 4.69) is 5.10 Å². The molecule has 1 aliphatic heterocycles. The molecule has 1 aliphatic rings. The molecule has 3 rings (SSSR count). The van der Waals surface area contributed by atoms with E-state index in [-0.39, 0.29) is 5.92 Å². The third-order valence-corrected chi connectivity index (χ3v) is 3.82. The zero-order valence-corrected chi connectivity index (χ0v) is 11.3. The van der Waals surface area contributed by atoms with Crippen LogP contribution in [0.25, 0.3) is 0 Å². The zero-order valence-electron chi connectivity index (χ0n) is 10.6. The minimum atomic E-state index is -0.710. The summed E-state index contributed by atoms with van der Waals surface area (Å²) >= 11 is 6.14. The molecular weight excluding hydrogens is 264 g/mol. The molecule has 0 radical (unpaired) electrons. The first kappa shape index (κ1) is 12.5. The number of ether oxygens (including phenoxy) is 1. The number of aliphatic hydroxyl groups excluding tert-OH is 1. The maximum Gasteiger partial charge on any atom is 0.123 e. The summed E-state index contributed by atoms with van der Waals surface area (Å²) in [4.78, 5) is 0. The minimum Gasteiger partial charge on any atom is -0.493 e. The van der Waals surface area contributed by atoms with Gasteiger partial charge in [0.15, 0.2) is 0 Å². The maximum atomic E-state index is 10.6. The van der Waals surface area contributed by atoms with E-state index >= 15 is 0 Å². The van der Waals surface area contributed by atoms with Crippen molar-refractivity contribution in [3.05, 3.63) is 46.7 Å². The van der Waals surface area contributed by atoms with Crippen molar-refractivity contribution >= 4 is 11.6 Å². The van der Waals surface area contributed by atoms with Crippen molar-refractivity contribution in [2.75, 3.05) is 6.61 Å². The quantitative estimate of drug-likeness (QED) is 0.939. The fourth-order valence-electron chi connectivity index (χ4n) is 2.56. The summed E-state index contributed by atoms with van der Waals surface area (Å²) in [5.74, 6) is 0.737. The van der Waals surface area contributed by atoms with Crippen LogP contribution in [0.2, 0.25) is 5.02 Å². The molecule has 0 saturated carbocycles. The molecule has 1 aromatic carbocycles. The number of para-hydroxylation sites is 1. The van der Waals surface area contributed by atoms with Crippen LogP contribution in [0.15, 0.2) is 30.5 Å². The van der Waals surface area contributed by atoms with E-state index in [0.717, 1.165) is 11.3 Å². The second kappa shape index (κ2) is 4.87. The van der Waals surface area contributed by atoms with E-state index < -0.39 is 6.10 Å². The molecular formula is C14H15ClN2O2. The normalized spacial score (nSPS) is 19.0. The number of halogens is 1. The Morgan fingerprint density at radius 3 is 3.11 bits per heavy atom. The van der Waals surface area contributed by atoms with Crippen molar-refractivity contribution in [2.45, 2.75) is 25.5 Å². The SMILES string of the molecule is CCn1ncc(Cl)c1C(O)C1COc2ccccc21. The summed E-state index contributed by atoms with van der Waals surface area (Å²) in [6.45, 7) is 3.11. The van der Waals surface area contributed by atoms with E-state index in [1.165, 1.54) is 0 Å². The first-order chi connectivity index (χ1) is 9.22. The van der Waals surface area contributed by atoms with Gasteiger partial charge in [-0.05, 0) is 13.0 Å². The summed E-state index contributed by atoms with van der Waals surface area (Å²) in [5.41, 5.74) is 1.68. The van der Waals surface area contributed by atoms with Crippen LogP contribution in [0.4, 0.5) is 0 Å². The predicted octanol–water partition coefficient (Wildman–Crippen LogP) is 2.77. The highest BCUT2D eigenvalue weighted by atomic mass is 35.5. The van der Waals surface area contributed by atoms with Crippen LogP contribution in [0.3, 0.4) is 0 Å². The van der Waals surface area contributed by atoms with Gasteiger partial charge in [0.2, 0.25) is 0 Å². The Kier molecular flexibility index (Phi) is 3.21. The smallest absolute Gasteiger partial charge is 0.123 e. The molecule has 1 aromatic heterocycles. The molecule has 100 valence electrons. The molecule has 1 N–H and O–H groups in total. The number of aliphatic hydroxyl groups is 1. The zero-order chi connectivity index (χ0) is 13.4. The lowest BCUT2D eigenvalue weighted by Gasteiger charge is -2.18. The number of nitrogens with zero attached hydrogens (tertiary/aromatic N) is 2. The lowest BCUT2D eigenvalue weighted by Crippen LogP contribution is -2.17. The van der Waals surface area contributed by atoms with Gasteiger partial charge < -0.3 is 9.84 Å². The van der Waals surface area contributed by atoms with Crippen molar-refractivity contribution in [3.8, 4) is 5.75 Å². The van der Waals surface area contributed by atoms with Gasteiger partial charge >= 0.3 is 0 Å². The van der Waals surface area contributed by atoms with Gasteiger partial charge in [0.1, 0.15) is 11.9 Å². The third-order valence-electron chi connectivity index (χ3n) is 3.53. The molecule has 2 heterocycles. The average molecular weight is 279 g/mol. The second-order valence-electron chi connectivity index (χ2n) is 4.59. The molecule has 2 unspecified atom stereocenters. The second-order valence-corrected chi connectivity index (χ2v) is 5.00. The summed E-state index contributed by atoms with van der Waals surface area (Å²) in [7, 11) is 0. The number of fused-ring (bicyclic) bond motifs is 1. The summed E-state index contributed by atoms with van der Waals surface area (Å²) < 4.78 is 7.34. The van der Waals surface area contributed by atoms with Crippen molar-refractivity contribution in [1.82, 2.24) is 9.78 Å². The van der Waals surface area contributed by atoms with Gasteiger partial charge in [0.25, 0.3) is 0 Å². The van der Waals surface area contributed by atoms with Crippen LogP contribution in [0.5, 0.6) is 5.75 Å². The molecule has 0 amide bonds. The van der Waals surface area contributed by atoms with Crippen LogP contribution in [-0.2, 0) is 6.54 Å². The van der Waals surface area contributed by atoms with E-state index in [1.807, 2.05) is 31.2 Å². The maximum absolute atomic E-state index is 10.6. The molecule has 0 saturated heterocycles. The molecule has 0 aliphatic carbocycles. The number of hydrogen-bond acceptors (Lipinski definition) is 3. The summed E-state index contributed by atoms with van der Waals surface area (Å²) in [6, 6.07) is 7.78. The monoisotopic (exact) mass is 278 g/mol. The van der Waals surface area contributed by atoms with Gasteiger partial charge in [-0.25, -0.2) is 0 Å². The number of aromatic nitrogens is 2. The van der Waals surface area contributed by atoms with Gasteiger partial charge in [0.05, 0.1) is 29.4 Å². The van der Waals surface area contributed by atoms with Gasteiger partial charge in [-0.2, -0.15) is 5.10 Å². The summed E-state index contributed by atoms with van der Waals surface area (Å²) in [6.07, 6.45) is 0.865. The fourth-order valence-corrected chi connectivity index (χ4v) is 2.81. The van der Waals surface area contributed by atoms with Crippen LogP contribution < -0.4 is 4.74 Å². The predicted molar refractivity (Wildman–Crippen MR) is 72.5 cm³/mol. The number of rotatable bonds is 3. The fraction of sp³-hybridized carbons (Fsp3) is 0.357. The minimum absolute atomic E-state index is 0.101. The van der Waals surface area contributed by atoms with Crippen LogP contribution in [0, 0.1) is 0 Å². The standard InChI is InChI=1S/C14H15ClN2O2/c1-2-17-13(11(15)7-16-17)14(18)10-8-19-12-6-4-3-5-9(10)12/h3-7,10,14,18H,2,8H2,1H3. The van der Waals surface area contributed by atoms with Crippen LogP contribution >= 0.6 is 11.6 Å². The summed E-state index contributed by atoms with van der Waals surface area (Å²) in [5, 5.41) is 15.3. The highest BCUT2D eigenvalue weighted by Gasteiger charge is 2.33. The largest absolute Gasteiger partial charge is 0.493 e. The molecule has 19 heavy (non-hydrogen) atoms. The molecule has 0 bridgehead atoms. The Morgan fingerprint density at radius 1 is 1.53 bits per heavy atom. The van der Waals surface area contributed by atoms with Crippen molar-refractivity contribution in [3.63, 3.8) is 0 Å². The Morgan fingerprint density at radius 2 is 2.32 bits per heavy atom. The highest BCUT2D eigenvalue weighted by molar-refractivity contribution is 6.31. The first-order valence-electron chi connectivity index (χ1n) is 6.33. The Labute approximate surface area is 116 Å². The van der Waals surface area contributed by atoms with Crippen LogP contribution in [0.1, 0.15) is 30.2 Å². The molecule has 5 heteroatoms. The van der Waals surface area contributed by atoms with Gasteiger partial charge in [-0.15, -0.1) is 0 Å². The van der Waals surface area contributed by atoms with Crippen molar-refractivity contribution < 1.29 is 9.84 Å². The first-order valence-corrected chi connectivity index (χ1v) is 6.71. The lowest BCUT2D eigenvalue weighted by molar-refractivity contribution is 0.121. The van der Waals surface area contributed by atoms with E-state index in [4.69, 9.17) is 16.3 Å². The molecule has 2 aromatic rings. The number of benzene rings is 1. The Hall–Kier alpha value is -1.52. The molecule has 4 nitrogen and oxygen atoms in total.